The van der Waals surface area contributed by atoms with Crippen LogP contribution in [0.4, 0.5) is 0 Å². The number of hydrogen-bond donors (Lipinski definition) is 1. The summed E-state index contributed by atoms with van der Waals surface area (Å²) in [5.41, 5.74) is 2.89. The van der Waals surface area contributed by atoms with Crippen molar-refractivity contribution < 1.29 is 0 Å². The zero-order valence-electron chi connectivity index (χ0n) is 12.3. The molecule has 1 N–H and O–H groups in total. The second-order valence-electron chi connectivity index (χ2n) is 5.52. The third kappa shape index (κ3) is 4.26. The second-order valence-corrected chi connectivity index (χ2v) is 6.63. The molecule has 1 heterocycles. The molecule has 21 heavy (non-hydrogen) atoms. The van der Waals surface area contributed by atoms with Gasteiger partial charge in [0.15, 0.2) is 0 Å². The summed E-state index contributed by atoms with van der Waals surface area (Å²) in [7, 11) is 0. The molecule has 0 saturated heterocycles. The summed E-state index contributed by atoms with van der Waals surface area (Å²) in [6, 6.07) is 10.5. The van der Waals surface area contributed by atoms with E-state index in [1.54, 1.807) is 16.9 Å². The zero-order valence-corrected chi connectivity index (χ0v) is 13.2. The Balaban J connectivity index is 1.46. The molecule has 1 aromatic carbocycles. The van der Waals surface area contributed by atoms with Crippen LogP contribution in [0.2, 0.25) is 0 Å². The van der Waals surface area contributed by atoms with E-state index in [2.05, 4.69) is 40.6 Å². The topological polar surface area (TPSA) is 24.9 Å². The Bertz CT molecular complexity index is 586. The van der Waals surface area contributed by atoms with Crippen molar-refractivity contribution in [2.24, 2.45) is 0 Å². The number of benzene rings is 1. The molecule has 1 aromatic heterocycles. The zero-order chi connectivity index (χ0) is 14.3. The van der Waals surface area contributed by atoms with Crippen molar-refractivity contribution in [3.63, 3.8) is 0 Å². The molecule has 1 aliphatic carbocycles. The van der Waals surface area contributed by atoms with E-state index < -0.39 is 0 Å². The number of thiazole rings is 1. The molecule has 0 atom stereocenters. The molecule has 0 radical (unpaired) electrons. The molecule has 2 nitrogen and oxygen atoms in total. The second kappa shape index (κ2) is 7.53. The molecule has 0 fully saturated rings. The van der Waals surface area contributed by atoms with Crippen molar-refractivity contribution in [2.45, 2.75) is 38.6 Å². The molecule has 110 valence electrons. The van der Waals surface area contributed by atoms with Crippen molar-refractivity contribution >= 4 is 11.3 Å². The van der Waals surface area contributed by atoms with Gasteiger partial charge in [0, 0.05) is 12.7 Å². The highest BCUT2D eigenvalue weighted by Crippen LogP contribution is 2.25. The van der Waals surface area contributed by atoms with Crippen LogP contribution in [-0.2, 0) is 6.54 Å². The molecule has 0 saturated carbocycles. The van der Waals surface area contributed by atoms with E-state index in [4.69, 9.17) is 0 Å². The summed E-state index contributed by atoms with van der Waals surface area (Å²) in [6.45, 7) is 1.94. The van der Waals surface area contributed by atoms with Crippen LogP contribution in [0.1, 0.15) is 37.1 Å². The number of nitrogens with zero attached hydrogens (tertiary/aromatic N) is 1. The lowest BCUT2D eigenvalue weighted by atomic mass is 9.97. The van der Waals surface area contributed by atoms with Crippen LogP contribution in [0.15, 0.2) is 48.2 Å². The summed E-state index contributed by atoms with van der Waals surface area (Å²) < 4.78 is 0. The highest BCUT2D eigenvalue weighted by Gasteiger charge is 2.05. The van der Waals surface area contributed by atoms with Gasteiger partial charge in [-0.2, -0.15) is 0 Å². The van der Waals surface area contributed by atoms with Crippen LogP contribution in [0.3, 0.4) is 0 Å². The molecule has 1 aliphatic rings. The van der Waals surface area contributed by atoms with Crippen molar-refractivity contribution in [1.29, 1.82) is 0 Å². The van der Waals surface area contributed by atoms with E-state index in [-0.39, 0.29) is 0 Å². The van der Waals surface area contributed by atoms with Crippen LogP contribution >= 0.6 is 11.3 Å². The standard InChI is InChI=1S/C18H22N2S/c1-3-7-15(8-4-1)11-12-19-14-18-20-13-17(21-18)16-9-5-2-6-10-16/h2,5-7,9-10,13,19H,1,3-4,8,11-12,14H2. The fraction of sp³-hybridized carbons (Fsp3) is 0.389. The van der Waals surface area contributed by atoms with Crippen LogP contribution in [0.25, 0.3) is 10.4 Å². The molecule has 0 amide bonds. The predicted octanol–water partition coefficient (Wildman–Crippen LogP) is 4.79. The minimum atomic E-state index is 0.880. The Morgan fingerprint density at radius 1 is 1.14 bits per heavy atom. The molecule has 2 aromatic rings. The summed E-state index contributed by atoms with van der Waals surface area (Å²) in [4.78, 5) is 5.77. The molecular weight excluding hydrogens is 276 g/mol. The van der Waals surface area contributed by atoms with Crippen LogP contribution < -0.4 is 5.32 Å². The van der Waals surface area contributed by atoms with Gasteiger partial charge in [-0.05, 0) is 44.2 Å². The highest BCUT2D eigenvalue weighted by atomic mass is 32.1. The van der Waals surface area contributed by atoms with E-state index in [1.807, 2.05) is 12.3 Å². The molecule has 0 bridgehead atoms. The first kappa shape index (κ1) is 14.5. The highest BCUT2D eigenvalue weighted by molar-refractivity contribution is 7.15. The van der Waals surface area contributed by atoms with Gasteiger partial charge in [-0.15, -0.1) is 11.3 Å². The van der Waals surface area contributed by atoms with E-state index in [0.717, 1.165) is 13.1 Å². The van der Waals surface area contributed by atoms with Gasteiger partial charge in [0.05, 0.1) is 4.88 Å². The SMILES string of the molecule is C1=C(CCNCc2ncc(-c3ccccc3)s2)CCCC1. The Kier molecular flexibility index (Phi) is 5.19. The monoisotopic (exact) mass is 298 g/mol. The van der Waals surface area contributed by atoms with Gasteiger partial charge in [0.2, 0.25) is 0 Å². The van der Waals surface area contributed by atoms with Crippen LogP contribution in [0, 0.1) is 0 Å². The fourth-order valence-corrected chi connectivity index (χ4v) is 3.60. The van der Waals surface area contributed by atoms with Crippen LogP contribution in [-0.4, -0.2) is 11.5 Å². The van der Waals surface area contributed by atoms with Crippen molar-refractivity contribution in [3.8, 4) is 10.4 Å². The Labute approximate surface area is 130 Å². The van der Waals surface area contributed by atoms with Crippen LogP contribution in [0.5, 0.6) is 0 Å². The maximum absolute atomic E-state index is 4.52. The first-order chi connectivity index (χ1) is 10.4. The summed E-state index contributed by atoms with van der Waals surface area (Å²) in [5.74, 6) is 0. The lowest BCUT2D eigenvalue weighted by Gasteiger charge is -2.12. The first-order valence-electron chi connectivity index (χ1n) is 7.80. The van der Waals surface area contributed by atoms with Gasteiger partial charge in [-0.1, -0.05) is 42.0 Å². The number of allylic oxidation sites excluding steroid dienone is 1. The van der Waals surface area contributed by atoms with Gasteiger partial charge in [-0.25, -0.2) is 4.98 Å². The van der Waals surface area contributed by atoms with E-state index >= 15 is 0 Å². The smallest absolute Gasteiger partial charge is 0.107 e. The fourth-order valence-electron chi connectivity index (χ4n) is 2.70. The minimum absolute atomic E-state index is 0.880. The maximum Gasteiger partial charge on any atom is 0.107 e. The summed E-state index contributed by atoms with van der Waals surface area (Å²) in [6.07, 6.45) is 10.9. The Morgan fingerprint density at radius 3 is 2.86 bits per heavy atom. The van der Waals surface area contributed by atoms with Gasteiger partial charge in [0.25, 0.3) is 0 Å². The molecular formula is C18H22N2S. The molecule has 0 aliphatic heterocycles. The quantitative estimate of drug-likeness (QED) is 0.612. The van der Waals surface area contributed by atoms with E-state index in [0.29, 0.717) is 0 Å². The number of hydrogen-bond acceptors (Lipinski definition) is 3. The lowest BCUT2D eigenvalue weighted by molar-refractivity contribution is 0.631. The molecule has 0 unspecified atom stereocenters. The van der Waals surface area contributed by atoms with Crippen molar-refractivity contribution in [1.82, 2.24) is 10.3 Å². The maximum atomic E-state index is 4.52. The van der Waals surface area contributed by atoms with Gasteiger partial charge in [-0.3, -0.25) is 0 Å². The Hall–Kier alpha value is -1.45. The normalized spacial score (nSPS) is 15.0. The van der Waals surface area contributed by atoms with Gasteiger partial charge >= 0.3 is 0 Å². The third-order valence-electron chi connectivity index (χ3n) is 3.90. The lowest BCUT2D eigenvalue weighted by Crippen LogP contribution is -2.15. The minimum Gasteiger partial charge on any atom is -0.310 e. The van der Waals surface area contributed by atoms with E-state index in [1.165, 1.54) is 47.6 Å². The molecule has 3 heteroatoms. The van der Waals surface area contributed by atoms with E-state index in [9.17, 15) is 0 Å². The van der Waals surface area contributed by atoms with Gasteiger partial charge < -0.3 is 5.32 Å². The molecule has 0 spiro atoms. The number of rotatable bonds is 6. The average Bonchev–Trinajstić information content (AvgIpc) is 3.02. The third-order valence-corrected chi connectivity index (χ3v) is 4.94. The average molecular weight is 298 g/mol. The molecule has 3 rings (SSSR count). The largest absolute Gasteiger partial charge is 0.310 e. The van der Waals surface area contributed by atoms with Gasteiger partial charge in [0.1, 0.15) is 5.01 Å². The van der Waals surface area contributed by atoms with Crippen molar-refractivity contribution in [2.75, 3.05) is 6.54 Å². The number of nitrogens with one attached hydrogen (secondary N) is 1. The summed E-state index contributed by atoms with van der Waals surface area (Å²) >= 11 is 1.78. The number of aromatic nitrogens is 1. The first-order valence-corrected chi connectivity index (χ1v) is 8.62. The van der Waals surface area contributed by atoms with Crippen molar-refractivity contribution in [3.05, 3.63) is 53.2 Å². The predicted molar refractivity (Wildman–Crippen MR) is 90.4 cm³/mol. The summed E-state index contributed by atoms with van der Waals surface area (Å²) in [5, 5.41) is 4.69. The Morgan fingerprint density at radius 2 is 2.05 bits per heavy atom.